The van der Waals surface area contributed by atoms with E-state index in [1.165, 1.54) is 6.07 Å². The third-order valence-electron chi connectivity index (χ3n) is 3.40. The minimum atomic E-state index is -1.57. The lowest BCUT2D eigenvalue weighted by Gasteiger charge is -2.37. The highest BCUT2D eigenvalue weighted by Gasteiger charge is 2.42. The quantitative estimate of drug-likeness (QED) is 0.402. The molecule has 2 heterocycles. The largest absolute Gasteiger partial charge is 0.423 e. The summed E-state index contributed by atoms with van der Waals surface area (Å²) in [7, 11) is 0. The van der Waals surface area contributed by atoms with Gasteiger partial charge in [-0.3, -0.25) is 0 Å². The monoisotopic (exact) mass is 326 g/mol. The van der Waals surface area contributed by atoms with E-state index >= 15 is 0 Å². The van der Waals surface area contributed by atoms with Crippen LogP contribution in [0.1, 0.15) is 0 Å². The Bertz CT molecular complexity index is 679. The van der Waals surface area contributed by atoms with Crippen LogP contribution in [-0.4, -0.2) is 62.8 Å². The third kappa shape index (κ3) is 4.14. The number of hydrogen-bond acceptors (Lipinski definition) is 8. The minimum absolute atomic E-state index is 0.302. The number of benzene rings is 1. The molecular formula is C15H18O8. The Morgan fingerprint density at radius 3 is 2.30 bits per heavy atom. The van der Waals surface area contributed by atoms with Crippen molar-refractivity contribution in [1.29, 1.82) is 0 Å². The summed E-state index contributed by atoms with van der Waals surface area (Å²) in [5, 5.41) is 45.6. The molecule has 5 N–H and O–H groups in total. The van der Waals surface area contributed by atoms with Crippen molar-refractivity contribution in [2.24, 2.45) is 0 Å². The molecule has 0 spiro atoms. The van der Waals surface area contributed by atoms with Crippen LogP contribution < -0.4 is 5.63 Å². The van der Waals surface area contributed by atoms with Crippen LogP contribution in [0.3, 0.4) is 0 Å². The van der Waals surface area contributed by atoms with Crippen LogP contribution in [0.4, 0.5) is 0 Å². The molecule has 8 heteroatoms. The summed E-state index contributed by atoms with van der Waals surface area (Å²) in [6, 6.07) is 10.6. The van der Waals surface area contributed by atoms with Crippen molar-refractivity contribution < 1.29 is 34.7 Å². The predicted octanol–water partition coefficient (Wildman–Crippen LogP) is -1.43. The summed E-state index contributed by atoms with van der Waals surface area (Å²) in [6.07, 6.45) is -7.04. The Balaban J connectivity index is 0.000000167. The molecule has 0 amide bonds. The van der Waals surface area contributed by atoms with Crippen molar-refractivity contribution in [2.45, 2.75) is 30.7 Å². The molecule has 8 nitrogen and oxygen atoms in total. The van der Waals surface area contributed by atoms with Gasteiger partial charge in [0.2, 0.25) is 0 Å². The average Bonchev–Trinajstić information content (AvgIpc) is 2.56. The second-order valence-corrected chi connectivity index (χ2v) is 5.01. The van der Waals surface area contributed by atoms with E-state index in [1.807, 2.05) is 18.2 Å². The van der Waals surface area contributed by atoms with E-state index in [2.05, 4.69) is 4.74 Å². The lowest BCUT2D eigenvalue weighted by atomic mass is 10.00. The Hall–Kier alpha value is -1.81. The van der Waals surface area contributed by atoms with Crippen LogP contribution in [0.2, 0.25) is 0 Å². The SMILES string of the molecule is O=c1ccc2ccccc2o1.OC[C@H]1OC(O)[C@H](O)[C@@H](O)[C@@H]1O. The first-order valence-corrected chi connectivity index (χ1v) is 6.91. The second-order valence-electron chi connectivity index (χ2n) is 5.01. The second kappa shape index (κ2) is 7.64. The van der Waals surface area contributed by atoms with Crippen LogP contribution in [0.5, 0.6) is 0 Å². The lowest BCUT2D eigenvalue weighted by Crippen LogP contribution is -2.58. The van der Waals surface area contributed by atoms with Crippen molar-refractivity contribution in [2.75, 3.05) is 6.61 Å². The number of ether oxygens (including phenoxy) is 1. The van der Waals surface area contributed by atoms with Crippen LogP contribution in [0.25, 0.3) is 11.0 Å². The van der Waals surface area contributed by atoms with Gasteiger partial charge in [-0.15, -0.1) is 0 Å². The first-order valence-electron chi connectivity index (χ1n) is 6.91. The van der Waals surface area contributed by atoms with E-state index in [-0.39, 0.29) is 5.63 Å². The topological polar surface area (TPSA) is 141 Å². The summed E-state index contributed by atoms with van der Waals surface area (Å²) < 4.78 is 9.48. The smallest absolute Gasteiger partial charge is 0.336 e. The Labute approximate surface area is 130 Å². The van der Waals surface area contributed by atoms with Crippen molar-refractivity contribution in [1.82, 2.24) is 0 Å². The number of hydrogen-bond donors (Lipinski definition) is 5. The molecule has 23 heavy (non-hydrogen) atoms. The molecule has 5 atom stereocenters. The highest BCUT2D eigenvalue weighted by Crippen LogP contribution is 2.19. The number of aliphatic hydroxyl groups is 5. The molecular weight excluding hydrogens is 308 g/mol. The highest BCUT2D eigenvalue weighted by atomic mass is 16.6. The lowest BCUT2D eigenvalue weighted by molar-refractivity contribution is -0.286. The van der Waals surface area contributed by atoms with Crippen LogP contribution >= 0.6 is 0 Å². The first-order chi connectivity index (χ1) is 10.9. The molecule has 1 aliphatic heterocycles. The first kappa shape index (κ1) is 17.5. The zero-order valence-corrected chi connectivity index (χ0v) is 12.0. The van der Waals surface area contributed by atoms with Crippen molar-refractivity contribution in [3.05, 3.63) is 46.8 Å². The molecule has 0 radical (unpaired) electrons. The van der Waals surface area contributed by atoms with Crippen molar-refractivity contribution >= 4 is 11.0 Å². The Kier molecular flexibility index (Phi) is 5.83. The van der Waals surface area contributed by atoms with Gasteiger partial charge in [0.25, 0.3) is 0 Å². The fourth-order valence-corrected chi connectivity index (χ4v) is 2.09. The molecule has 126 valence electrons. The van der Waals surface area contributed by atoms with E-state index in [0.29, 0.717) is 5.58 Å². The minimum Gasteiger partial charge on any atom is -0.423 e. The van der Waals surface area contributed by atoms with Crippen LogP contribution in [0, 0.1) is 0 Å². The summed E-state index contributed by atoms with van der Waals surface area (Å²) >= 11 is 0. The highest BCUT2D eigenvalue weighted by molar-refractivity contribution is 5.75. The normalized spacial score (nSPS) is 30.6. The molecule has 1 aromatic carbocycles. The van der Waals surface area contributed by atoms with Crippen LogP contribution in [-0.2, 0) is 4.74 Å². The molecule has 1 aromatic heterocycles. The molecule has 1 unspecified atom stereocenters. The predicted molar refractivity (Wildman–Crippen MR) is 78.5 cm³/mol. The third-order valence-corrected chi connectivity index (χ3v) is 3.40. The summed E-state index contributed by atoms with van der Waals surface area (Å²) in [5.74, 6) is 0. The summed E-state index contributed by atoms with van der Waals surface area (Å²) in [6.45, 7) is -0.526. The molecule has 3 rings (SSSR count). The molecule has 1 aliphatic rings. The van der Waals surface area contributed by atoms with E-state index in [0.717, 1.165) is 5.39 Å². The molecule has 0 aliphatic carbocycles. The molecule has 1 fully saturated rings. The van der Waals surface area contributed by atoms with Gasteiger partial charge in [-0.05, 0) is 12.1 Å². The van der Waals surface area contributed by atoms with Crippen LogP contribution in [0.15, 0.2) is 45.6 Å². The van der Waals surface area contributed by atoms with Gasteiger partial charge in [-0.1, -0.05) is 18.2 Å². The standard InChI is InChI=1S/C9H6O2.C6H12O6/c10-9-6-5-7-3-1-2-4-8(7)11-9;7-1-2-3(8)4(9)5(10)6(11)12-2/h1-6H;2-11H,1H2/t;2-,3-,4+,5-,6?/m.1/s1. The van der Waals surface area contributed by atoms with Gasteiger partial charge in [0.15, 0.2) is 6.29 Å². The van der Waals surface area contributed by atoms with Gasteiger partial charge in [0.1, 0.15) is 30.0 Å². The Morgan fingerprint density at radius 1 is 0.913 bits per heavy atom. The maximum atomic E-state index is 10.7. The van der Waals surface area contributed by atoms with E-state index in [4.69, 9.17) is 29.9 Å². The summed E-state index contributed by atoms with van der Waals surface area (Å²) in [5.41, 5.74) is 0.337. The van der Waals surface area contributed by atoms with E-state index < -0.39 is 37.3 Å². The fraction of sp³-hybridized carbons (Fsp3) is 0.400. The molecule has 1 saturated heterocycles. The van der Waals surface area contributed by atoms with Gasteiger partial charge < -0.3 is 34.7 Å². The number of fused-ring (bicyclic) bond motifs is 1. The van der Waals surface area contributed by atoms with Crippen molar-refractivity contribution in [3.63, 3.8) is 0 Å². The molecule has 0 bridgehead atoms. The molecule has 2 aromatic rings. The van der Waals surface area contributed by atoms with E-state index in [9.17, 15) is 4.79 Å². The van der Waals surface area contributed by atoms with E-state index in [1.54, 1.807) is 12.1 Å². The number of rotatable bonds is 1. The maximum absolute atomic E-state index is 10.7. The van der Waals surface area contributed by atoms with Gasteiger partial charge in [0.05, 0.1) is 6.61 Å². The number of para-hydroxylation sites is 1. The average molecular weight is 326 g/mol. The zero-order valence-electron chi connectivity index (χ0n) is 12.0. The Morgan fingerprint density at radius 2 is 1.61 bits per heavy atom. The van der Waals surface area contributed by atoms with Gasteiger partial charge in [-0.2, -0.15) is 0 Å². The van der Waals surface area contributed by atoms with Gasteiger partial charge in [0, 0.05) is 11.5 Å². The molecule has 0 saturated carbocycles. The summed E-state index contributed by atoms with van der Waals surface area (Å²) in [4.78, 5) is 10.7. The maximum Gasteiger partial charge on any atom is 0.336 e. The number of aliphatic hydroxyl groups excluding tert-OH is 5. The van der Waals surface area contributed by atoms with Gasteiger partial charge >= 0.3 is 5.63 Å². The zero-order chi connectivity index (χ0) is 17.0. The van der Waals surface area contributed by atoms with Gasteiger partial charge in [-0.25, -0.2) is 4.79 Å². The van der Waals surface area contributed by atoms with Crippen molar-refractivity contribution in [3.8, 4) is 0 Å². The fourth-order valence-electron chi connectivity index (χ4n) is 2.09.